The topological polar surface area (TPSA) is 43.8 Å². The van der Waals surface area contributed by atoms with Gasteiger partial charge in [-0.3, -0.25) is 9.69 Å². The van der Waals surface area contributed by atoms with Crippen LogP contribution < -0.4 is 0 Å². The first kappa shape index (κ1) is 19.9. The molecule has 0 spiro atoms. The molecular weight excluding hydrogens is 348 g/mol. The van der Waals surface area contributed by atoms with Crippen LogP contribution in [0.15, 0.2) is 30.3 Å². The molecule has 1 saturated carbocycles. The minimum atomic E-state index is -0.569. The first-order valence-corrected chi connectivity index (χ1v) is 11.3. The molecule has 0 unspecified atom stereocenters. The number of hydrogen-bond acceptors (Lipinski definition) is 3. The van der Waals surface area contributed by atoms with Crippen LogP contribution in [-0.2, 0) is 4.79 Å². The van der Waals surface area contributed by atoms with Gasteiger partial charge in [0.05, 0.1) is 5.60 Å². The van der Waals surface area contributed by atoms with Crippen molar-refractivity contribution in [1.82, 2.24) is 9.80 Å². The fraction of sp³-hybridized carbons (Fsp3) is 0.708. The van der Waals surface area contributed by atoms with Gasteiger partial charge in [0.15, 0.2) is 0 Å². The van der Waals surface area contributed by atoms with Crippen molar-refractivity contribution in [2.75, 3.05) is 19.6 Å². The zero-order valence-electron chi connectivity index (χ0n) is 17.4. The second kappa shape index (κ2) is 8.54. The minimum absolute atomic E-state index is 0.223. The molecule has 3 fully saturated rings. The van der Waals surface area contributed by atoms with Crippen LogP contribution in [0.2, 0.25) is 0 Å². The van der Waals surface area contributed by atoms with E-state index in [1.54, 1.807) is 6.92 Å². The van der Waals surface area contributed by atoms with Crippen molar-refractivity contribution in [2.45, 2.75) is 88.3 Å². The number of aliphatic hydroxyl groups is 1. The number of carbonyl (C=O) groups is 1. The summed E-state index contributed by atoms with van der Waals surface area (Å²) < 4.78 is 0. The maximum absolute atomic E-state index is 12.2. The van der Waals surface area contributed by atoms with Gasteiger partial charge < -0.3 is 10.0 Å². The van der Waals surface area contributed by atoms with Crippen LogP contribution in [0.4, 0.5) is 0 Å². The Labute approximate surface area is 169 Å². The molecule has 4 nitrogen and oxygen atoms in total. The van der Waals surface area contributed by atoms with Crippen LogP contribution in [0.5, 0.6) is 0 Å². The Bertz CT molecular complexity index is 654. The number of carbonyl (C=O) groups excluding carboxylic acids is 1. The van der Waals surface area contributed by atoms with E-state index in [-0.39, 0.29) is 5.91 Å². The van der Waals surface area contributed by atoms with Gasteiger partial charge in [0.1, 0.15) is 0 Å². The molecule has 2 aliphatic heterocycles. The third-order valence-electron chi connectivity index (χ3n) is 7.50. The maximum Gasteiger partial charge on any atom is 0.219 e. The Morgan fingerprint density at radius 3 is 2.43 bits per heavy atom. The van der Waals surface area contributed by atoms with Gasteiger partial charge in [-0.15, -0.1) is 0 Å². The van der Waals surface area contributed by atoms with Crippen molar-refractivity contribution in [2.24, 2.45) is 0 Å². The molecule has 2 atom stereocenters. The van der Waals surface area contributed by atoms with Crippen molar-refractivity contribution in [3.63, 3.8) is 0 Å². The highest BCUT2D eigenvalue weighted by Crippen LogP contribution is 2.40. The lowest BCUT2D eigenvalue weighted by molar-refractivity contribution is -0.134. The molecule has 154 valence electrons. The monoisotopic (exact) mass is 384 g/mol. The molecule has 1 aromatic carbocycles. The summed E-state index contributed by atoms with van der Waals surface area (Å²) >= 11 is 0. The first-order valence-electron chi connectivity index (χ1n) is 11.3. The summed E-state index contributed by atoms with van der Waals surface area (Å²) in [5.41, 5.74) is 0.851. The summed E-state index contributed by atoms with van der Waals surface area (Å²) in [7, 11) is 0. The molecule has 2 saturated heterocycles. The summed E-state index contributed by atoms with van der Waals surface area (Å²) in [5.74, 6) is 0.808. The Balaban J connectivity index is 1.41. The third-order valence-corrected chi connectivity index (χ3v) is 7.50. The van der Waals surface area contributed by atoms with E-state index in [1.165, 1.54) is 12.0 Å². The molecule has 28 heavy (non-hydrogen) atoms. The van der Waals surface area contributed by atoms with Gasteiger partial charge in [0.2, 0.25) is 5.91 Å². The van der Waals surface area contributed by atoms with Crippen LogP contribution in [-0.4, -0.2) is 58.1 Å². The molecule has 0 bridgehead atoms. The van der Waals surface area contributed by atoms with Crippen molar-refractivity contribution in [1.29, 1.82) is 0 Å². The van der Waals surface area contributed by atoms with E-state index in [0.717, 1.165) is 71.0 Å². The third kappa shape index (κ3) is 4.28. The fourth-order valence-electron chi connectivity index (χ4n) is 5.98. The molecule has 1 aromatic rings. The molecule has 1 N–H and O–H groups in total. The predicted molar refractivity (Wildman–Crippen MR) is 112 cm³/mol. The van der Waals surface area contributed by atoms with Crippen LogP contribution in [0.25, 0.3) is 0 Å². The largest absolute Gasteiger partial charge is 0.389 e. The lowest BCUT2D eigenvalue weighted by Crippen LogP contribution is -2.59. The number of likely N-dealkylation sites (tertiary alicyclic amines) is 2. The number of benzene rings is 1. The Hall–Kier alpha value is -1.39. The van der Waals surface area contributed by atoms with Gasteiger partial charge in [-0.25, -0.2) is 0 Å². The SMILES string of the molecule is CC(=O)N1CCCC[C@@H]2[C@H]1CCCN2CC1(O)CCC(c2ccccc2)CC1. The van der Waals surface area contributed by atoms with Crippen LogP contribution in [0, 0.1) is 0 Å². The van der Waals surface area contributed by atoms with Crippen molar-refractivity contribution in [3.8, 4) is 0 Å². The van der Waals surface area contributed by atoms with Crippen molar-refractivity contribution in [3.05, 3.63) is 35.9 Å². The summed E-state index contributed by atoms with van der Waals surface area (Å²) in [4.78, 5) is 16.9. The summed E-state index contributed by atoms with van der Waals surface area (Å²) in [5, 5.41) is 11.4. The molecule has 1 aliphatic carbocycles. The molecule has 2 heterocycles. The summed E-state index contributed by atoms with van der Waals surface area (Å²) in [6.45, 7) is 4.48. The molecular formula is C24H36N2O2. The van der Waals surface area contributed by atoms with Gasteiger partial charge in [-0.05, 0) is 69.4 Å². The number of rotatable bonds is 3. The fourth-order valence-corrected chi connectivity index (χ4v) is 5.98. The van der Waals surface area contributed by atoms with E-state index in [0.29, 0.717) is 18.0 Å². The van der Waals surface area contributed by atoms with E-state index < -0.39 is 5.60 Å². The quantitative estimate of drug-likeness (QED) is 0.858. The summed E-state index contributed by atoms with van der Waals surface area (Å²) in [6, 6.07) is 11.5. The zero-order valence-corrected chi connectivity index (χ0v) is 17.4. The Kier molecular flexibility index (Phi) is 6.07. The molecule has 3 aliphatic rings. The van der Waals surface area contributed by atoms with Gasteiger partial charge in [0.25, 0.3) is 0 Å². The summed E-state index contributed by atoms with van der Waals surface area (Å²) in [6.07, 6.45) is 9.64. The number of nitrogens with zero attached hydrogens (tertiary/aromatic N) is 2. The van der Waals surface area contributed by atoms with E-state index in [9.17, 15) is 9.90 Å². The normalized spacial score (nSPS) is 34.5. The minimum Gasteiger partial charge on any atom is -0.389 e. The number of β-amino-alcohol motifs (C(OH)–C–C–N with tert-alkyl or cyclic N) is 1. The smallest absolute Gasteiger partial charge is 0.219 e. The first-order chi connectivity index (χ1) is 13.6. The van der Waals surface area contributed by atoms with E-state index in [1.807, 2.05) is 0 Å². The molecule has 1 amide bonds. The van der Waals surface area contributed by atoms with Gasteiger partial charge >= 0.3 is 0 Å². The number of piperidine rings is 1. The number of fused-ring (bicyclic) bond motifs is 1. The highest BCUT2D eigenvalue weighted by Gasteiger charge is 2.42. The van der Waals surface area contributed by atoms with Gasteiger partial charge in [-0.2, -0.15) is 0 Å². The average molecular weight is 385 g/mol. The van der Waals surface area contributed by atoms with Crippen LogP contribution in [0.3, 0.4) is 0 Å². The lowest BCUT2D eigenvalue weighted by Gasteiger charge is -2.48. The van der Waals surface area contributed by atoms with Crippen LogP contribution in [0.1, 0.15) is 76.2 Å². The van der Waals surface area contributed by atoms with Crippen molar-refractivity contribution < 1.29 is 9.90 Å². The second-order valence-electron chi connectivity index (χ2n) is 9.36. The molecule has 0 radical (unpaired) electrons. The van der Waals surface area contributed by atoms with E-state index >= 15 is 0 Å². The maximum atomic E-state index is 12.2. The number of hydrogen-bond donors (Lipinski definition) is 1. The van der Waals surface area contributed by atoms with Gasteiger partial charge in [0, 0.05) is 32.1 Å². The average Bonchev–Trinajstić information content (AvgIpc) is 2.92. The zero-order chi connectivity index (χ0) is 19.6. The molecule has 4 rings (SSSR count). The lowest BCUT2D eigenvalue weighted by atomic mass is 9.75. The van der Waals surface area contributed by atoms with Crippen molar-refractivity contribution >= 4 is 5.91 Å². The molecule has 0 aromatic heterocycles. The predicted octanol–water partition coefficient (Wildman–Crippen LogP) is 3.94. The number of amides is 1. The highest BCUT2D eigenvalue weighted by molar-refractivity contribution is 5.73. The molecule has 4 heteroatoms. The van der Waals surface area contributed by atoms with Gasteiger partial charge in [-0.1, -0.05) is 36.8 Å². The van der Waals surface area contributed by atoms with E-state index in [4.69, 9.17) is 0 Å². The van der Waals surface area contributed by atoms with Crippen LogP contribution >= 0.6 is 0 Å². The standard InChI is InChI=1S/C24H36N2O2/c1-19(27)26-17-6-5-10-22-23(26)11-7-16-25(22)18-24(28)14-12-21(13-15-24)20-8-3-2-4-9-20/h2-4,8-9,21-23,28H,5-7,10-18H2,1H3/t21?,22-,23-,24?/m1/s1. The highest BCUT2D eigenvalue weighted by atomic mass is 16.3. The second-order valence-corrected chi connectivity index (χ2v) is 9.36. The Morgan fingerprint density at radius 2 is 1.71 bits per heavy atom. The van der Waals surface area contributed by atoms with E-state index in [2.05, 4.69) is 40.1 Å². The Morgan fingerprint density at radius 1 is 1.00 bits per heavy atom.